The third kappa shape index (κ3) is 12.7. The summed E-state index contributed by atoms with van der Waals surface area (Å²) in [5.41, 5.74) is 0.137. The van der Waals surface area contributed by atoms with Crippen LogP contribution < -0.4 is 10.4 Å². The van der Waals surface area contributed by atoms with Gasteiger partial charge >= 0.3 is 0 Å². The van der Waals surface area contributed by atoms with E-state index in [1.807, 2.05) is 0 Å². The van der Waals surface area contributed by atoms with Gasteiger partial charge in [-0.25, -0.2) is 0 Å². The zero-order valence-corrected chi connectivity index (χ0v) is 12.4. The summed E-state index contributed by atoms with van der Waals surface area (Å²) >= 11 is 0. The van der Waals surface area contributed by atoms with Gasteiger partial charge in [-0.2, -0.15) is 0 Å². The van der Waals surface area contributed by atoms with E-state index >= 15 is 0 Å². The molecule has 0 aliphatic rings. The molecule has 0 bridgehead atoms. The third-order valence-corrected chi connectivity index (χ3v) is 2.77. The molecule has 6 nitrogen and oxygen atoms in total. The number of unbranched alkanes of at least 4 members (excludes halogenated alkanes) is 5. The van der Waals surface area contributed by atoms with Gasteiger partial charge in [-0.15, -0.1) is 0 Å². The number of rotatable bonds is 8. The lowest BCUT2D eigenvalue weighted by atomic mass is 10.1. The molecule has 1 amide bonds. The fourth-order valence-corrected chi connectivity index (χ4v) is 1.65. The highest BCUT2D eigenvalue weighted by molar-refractivity contribution is 5.61. The van der Waals surface area contributed by atoms with Crippen molar-refractivity contribution in [1.29, 1.82) is 0 Å². The van der Waals surface area contributed by atoms with Crippen molar-refractivity contribution in [3.05, 3.63) is 40.4 Å². The average Bonchev–Trinajstić information content (AvgIpc) is 2.47. The Morgan fingerprint density at radius 3 is 2.14 bits per heavy atom. The van der Waals surface area contributed by atoms with Crippen LogP contribution in [0.5, 0.6) is 0 Å². The molecular formula is C15H23N2O4-. The molecule has 0 saturated heterocycles. The summed E-state index contributed by atoms with van der Waals surface area (Å²) in [6.45, 7) is 2.71. The molecule has 0 saturated carbocycles. The number of nitrogens with one attached hydrogen (secondary N) is 1. The van der Waals surface area contributed by atoms with Gasteiger partial charge in [-0.3, -0.25) is 10.1 Å². The fourth-order valence-electron chi connectivity index (χ4n) is 1.65. The lowest BCUT2D eigenvalue weighted by Gasteiger charge is -2.05. The number of amides is 1. The molecule has 0 aliphatic heterocycles. The van der Waals surface area contributed by atoms with Gasteiger partial charge in [-0.1, -0.05) is 57.2 Å². The Morgan fingerprint density at radius 2 is 1.67 bits per heavy atom. The second kappa shape index (κ2) is 12.9. The van der Waals surface area contributed by atoms with Crippen molar-refractivity contribution in [3.8, 4) is 0 Å². The molecule has 21 heavy (non-hydrogen) atoms. The minimum atomic E-state index is -1.16. The molecule has 0 atom stereocenters. The van der Waals surface area contributed by atoms with Gasteiger partial charge in [0.1, 0.15) is 6.09 Å². The number of carboxylic acid groups (broad SMARTS) is 1. The van der Waals surface area contributed by atoms with E-state index in [1.54, 1.807) is 18.2 Å². The minimum Gasteiger partial charge on any atom is -0.530 e. The first-order valence-electron chi connectivity index (χ1n) is 7.22. The van der Waals surface area contributed by atoms with Gasteiger partial charge in [0.2, 0.25) is 0 Å². The minimum absolute atomic E-state index is 0.137. The molecule has 1 rings (SSSR count). The summed E-state index contributed by atoms with van der Waals surface area (Å²) in [6, 6.07) is 7.93. The first kappa shape index (κ1) is 18.9. The maximum absolute atomic E-state index is 10.0. The Kier molecular flexibility index (Phi) is 11.6. The van der Waals surface area contributed by atoms with Gasteiger partial charge in [0.25, 0.3) is 5.69 Å². The first-order valence-corrected chi connectivity index (χ1v) is 7.22. The van der Waals surface area contributed by atoms with Crippen molar-refractivity contribution >= 4 is 11.8 Å². The topological polar surface area (TPSA) is 95.3 Å². The van der Waals surface area contributed by atoms with Crippen LogP contribution in [0.1, 0.15) is 45.4 Å². The van der Waals surface area contributed by atoms with Crippen LogP contribution in [0.25, 0.3) is 0 Å². The zero-order valence-electron chi connectivity index (χ0n) is 12.4. The summed E-state index contributed by atoms with van der Waals surface area (Å²) in [5.74, 6) is 0. The number of hydrogen-bond acceptors (Lipinski definition) is 4. The maximum atomic E-state index is 10.0. The third-order valence-electron chi connectivity index (χ3n) is 2.77. The van der Waals surface area contributed by atoms with Gasteiger partial charge < -0.3 is 15.2 Å². The molecule has 1 aromatic carbocycles. The maximum Gasteiger partial charge on any atom is 0.269 e. The summed E-state index contributed by atoms with van der Waals surface area (Å²) in [6.07, 6.45) is 5.89. The number of nitrogens with zero attached hydrogens (tertiary/aromatic N) is 1. The molecule has 0 fully saturated rings. The molecule has 0 unspecified atom stereocenters. The molecule has 6 heteroatoms. The van der Waals surface area contributed by atoms with Crippen LogP contribution in [0.4, 0.5) is 10.5 Å². The van der Waals surface area contributed by atoms with Crippen molar-refractivity contribution in [2.24, 2.45) is 0 Å². The molecule has 0 heterocycles. The highest BCUT2D eigenvalue weighted by Gasteiger charge is 1.98. The van der Waals surface area contributed by atoms with Crippen molar-refractivity contribution in [2.75, 3.05) is 6.54 Å². The van der Waals surface area contributed by atoms with Crippen molar-refractivity contribution in [1.82, 2.24) is 5.32 Å². The first-order chi connectivity index (χ1) is 10.1. The molecule has 1 aromatic rings. The van der Waals surface area contributed by atoms with Crippen LogP contribution in [-0.4, -0.2) is 17.6 Å². The summed E-state index contributed by atoms with van der Waals surface area (Å²) < 4.78 is 0. The van der Waals surface area contributed by atoms with E-state index in [0.717, 1.165) is 12.8 Å². The van der Waals surface area contributed by atoms with Gasteiger partial charge in [-0.05, 0) is 6.42 Å². The average molecular weight is 295 g/mol. The Bertz CT molecular complexity index is 396. The second-order valence-corrected chi connectivity index (χ2v) is 4.57. The Hall–Kier alpha value is -2.11. The van der Waals surface area contributed by atoms with Gasteiger partial charge in [0, 0.05) is 18.7 Å². The molecule has 118 valence electrons. The molecule has 0 aromatic heterocycles. The summed E-state index contributed by atoms with van der Waals surface area (Å²) in [7, 11) is 0. The predicted octanol–water partition coefficient (Wildman–Crippen LogP) is 2.87. The Morgan fingerprint density at radius 1 is 1.10 bits per heavy atom. The number of non-ortho nitro benzene ring substituents is 1. The number of hydrogen-bond donors (Lipinski definition) is 1. The normalized spacial score (nSPS) is 9.38. The van der Waals surface area contributed by atoms with Crippen LogP contribution in [-0.2, 0) is 0 Å². The van der Waals surface area contributed by atoms with Crippen LogP contribution in [0.3, 0.4) is 0 Å². The van der Waals surface area contributed by atoms with Crippen molar-refractivity contribution < 1.29 is 14.8 Å². The van der Waals surface area contributed by atoms with Crippen LogP contribution >= 0.6 is 0 Å². The highest BCUT2D eigenvalue weighted by Crippen LogP contribution is 2.06. The van der Waals surface area contributed by atoms with E-state index in [0.29, 0.717) is 6.54 Å². The largest absolute Gasteiger partial charge is 0.530 e. The van der Waals surface area contributed by atoms with Gasteiger partial charge in [0.05, 0.1) is 4.92 Å². The van der Waals surface area contributed by atoms with Gasteiger partial charge in [0.15, 0.2) is 0 Å². The lowest BCUT2D eigenvalue weighted by Crippen LogP contribution is -2.36. The van der Waals surface area contributed by atoms with Crippen LogP contribution in [0.2, 0.25) is 0 Å². The van der Waals surface area contributed by atoms with E-state index < -0.39 is 11.0 Å². The van der Waals surface area contributed by atoms with Crippen molar-refractivity contribution in [3.63, 3.8) is 0 Å². The lowest BCUT2D eigenvalue weighted by molar-refractivity contribution is -0.384. The van der Waals surface area contributed by atoms with E-state index in [4.69, 9.17) is 0 Å². The summed E-state index contributed by atoms with van der Waals surface area (Å²) in [5, 5.41) is 22.2. The van der Waals surface area contributed by atoms with Crippen molar-refractivity contribution in [2.45, 2.75) is 45.4 Å². The Balaban J connectivity index is 0.000000394. The molecule has 0 aliphatic carbocycles. The quantitative estimate of drug-likeness (QED) is 0.453. The van der Waals surface area contributed by atoms with E-state index in [1.165, 1.54) is 37.8 Å². The van der Waals surface area contributed by atoms with Crippen LogP contribution in [0, 0.1) is 10.1 Å². The standard InChI is InChI=1S/C9H19NO2.C6H5NO2/c1-2-3-4-5-6-7-8-10-9(11)12;8-7(9)6-4-2-1-3-5-6/h10H,2-8H2,1H3,(H,11,12);1-5H/p-1. The zero-order chi connectivity index (χ0) is 15.9. The monoisotopic (exact) mass is 295 g/mol. The highest BCUT2D eigenvalue weighted by atomic mass is 16.6. The van der Waals surface area contributed by atoms with E-state index in [9.17, 15) is 20.0 Å². The SMILES string of the molecule is CCCCCCCCNC(=O)[O-].O=[N+]([O-])c1ccccc1. The smallest absolute Gasteiger partial charge is 0.269 e. The number of benzene rings is 1. The molecular weight excluding hydrogens is 272 g/mol. The molecule has 0 spiro atoms. The second-order valence-electron chi connectivity index (χ2n) is 4.57. The number of para-hydroxylation sites is 1. The summed E-state index contributed by atoms with van der Waals surface area (Å²) in [4.78, 5) is 19.5. The molecule has 1 N–H and O–H groups in total. The Labute approximate surface area is 125 Å². The number of nitro groups is 1. The fraction of sp³-hybridized carbons (Fsp3) is 0.533. The molecule has 0 radical (unpaired) electrons. The number of carbonyl (C=O) groups is 1. The van der Waals surface area contributed by atoms with Crippen LogP contribution in [0.15, 0.2) is 30.3 Å². The number of nitro benzene ring substituents is 1. The van der Waals surface area contributed by atoms with E-state index in [2.05, 4.69) is 12.2 Å². The van der Waals surface area contributed by atoms with E-state index in [-0.39, 0.29) is 5.69 Å². The number of carbonyl (C=O) groups excluding carboxylic acids is 1. The predicted molar refractivity (Wildman–Crippen MR) is 79.9 cm³/mol.